The molecule has 17 heavy (non-hydrogen) atoms. The van der Waals surface area contributed by atoms with Crippen LogP contribution in [0.2, 0.25) is 0 Å². The van der Waals surface area contributed by atoms with Crippen LogP contribution < -0.4 is 5.32 Å². The molecule has 3 rings (SSSR count). The number of rotatable bonds is 3. The highest BCUT2D eigenvalue weighted by molar-refractivity contribution is 7.18. The summed E-state index contributed by atoms with van der Waals surface area (Å²) in [6, 6.07) is 2.08. The minimum atomic E-state index is 0.313. The number of aromatic nitrogens is 3. The van der Waals surface area contributed by atoms with E-state index in [1.807, 2.05) is 0 Å². The van der Waals surface area contributed by atoms with Gasteiger partial charge in [0, 0.05) is 12.0 Å². The molecule has 0 saturated carbocycles. The SMILES string of the molecule is CC1COCC1Nc1nnc(-c2ccon2)s1. The van der Waals surface area contributed by atoms with Crippen LogP contribution in [0.1, 0.15) is 6.92 Å². The van der Waals surface area contributed by atoms with Crippen molar-refractivity contribution in [2.75, 3.05) is 18.5 Å². The zero-order chi connectivity index (χ0) is 11.7. The van der Waals surface area contributed by atoms with E-state index in [9.17, 15) is 0 Å². The first kappa shape index (κ1) is 10.7. The molecule has 1 fully saturated rings. The number of anilines is 1. The smallest absolute Gasteiger partial charge is 0.206 e. The minimum Gasteiger partial charge on any atom is -0.379 e. The summed E-state index contributed by atoms with van der Waals surface area (Å²) in [5.74, 6) is 0.495. The second-order valence-electron chi connectivity index (χ2n) is 4.06. The van der Waals surface area contributed by atoms with Crippen molar-refractivity contribution < 1.29 is 9.26 Å². The summed E-state index contributed by atoms with van der Waals surface area (Å²) in [5, 5.41) is 16.9. The number of nitrogens with one attached hydrogen (secondary N) is 1. The Kier molecular flexibility index (Phi) is 2.77. The Morgan fingerprint density at radius 2 is 2.35 bits per heavy atom. The molecule has 1 saturated heterocycles. The van der Waals surface area contributed by atoms with Crippen LogP contribution >= 0.6 is 11.3 Å². The highest BCUT2D eigenvalue weighted by atomic mass is 32.1. The topological polar surface area (TPSA) is 73.1 Å². The van der Waals surface area contributed by atoms with Gasteiger partial charge in [-0.05, 0) is 0 Å². The van der Waals surface area contributed by atoms with E-state index in [0.29, 0.717) is 17.7 Å². The van der Waals surface area contributed by atoms with Gasteiger partial charge in [0.05, 0.1) is 19.3 Å². The molecular weight excluding hydrogens is 240 g/mol. The lowest BCUT2D eigenvalue weighted by atomic mass is 10.1. The van der Waals surface area contributed by atoms with E-state index < -0.39 is 0 Å². The van der Waals surface area contributed by atoms with Gasteiger partial charge < -0.3 is 14.6 Å². The first-order chi connectivity index (χ1) is 8.33. The van der Waals surface area contributed by atoms with Crippen LogP contribution in [0.3, 0.4) is 0 Å². The Morgan fingerprint density at radius 1 is 1.41 bits per heavy atom. The maximum Gasteiger partial charge on any atom is 0.206 e. The van der Waals surface area contributed by atoms with Crippen LogP contribution in [-0.2, 0) is 4.74 Å². The van der Waals surface area contributed by atoms with E-state index in [2.05, 4.69) is 27.6 Å². The van der Waals surface area contributed by atoms with Gasteiger partial charge in [-0.3, -0.25) is 0 Å². The van der Waals surface area contributed by atoms with E-state index in [1.54, 1.807) is 6.07 Å². The molecular formula is C10H12N4O2S. The molecule has 2 aromatic rings. The third-order valence-electron chi connectivity index (χ3n) is 2.76. The first-order valence-corrected chi connectivity index (χ1v) is 6.23. The quantitative estimate of drug-likeness (QED) is 0.895. The number of hydrogen-bond acceptors (Lipinski definition) is 7. The lowest BCUT2D eigenvalue weighted by molar-refractivity contribution is 0.187. The maximum atomic E-state index is 5.39. The minimum absolute atomic E-state index is 0.313. The van der Waals surface area contributed by atoms with E-state index in [-0.39, 0.29) is 0 Å². The summed E-state index contributed by atoms with van der Waals surface area (Å²) in [5.41, 5.74) is 0.714. The van der Waals surface area contributed by atoms with Crippen LogP contribution in [-0.4, -0.2) is 34.6 Å². The van der Waals surface area contributed by atoms with Crippen LogP contribution in [0.5, 0.6) is 0 Å². The molecule has 1 aliphatic heterocycles. The average molecular weight is 252 g/mol. The summed E-state index contributed by atoms with van der Waals surface area (Å²) >= 11 is 1.47. The van der Waals surface area contributed by atoms with Crippen molar-refractivity contribution >= 4 is 16.5 Å². The predicted octanol–water partition coefficient (Wildman–Crippen LogP) is 1.64. The molecule has 6 nitrogen and oxygen atoms in total. The average Bonchev–Trinajstić information content (AvgIpc) is 3.02. The molecule has 3 heterocycles. The lowest BCUT2D eigenvalue weighted by Crippen LogP contribution is -2.25. The van der Waals surface area contributed by atoms with E-state index in [1.165, 1.54) is 17.6 Å². The number of nitrogens with zero attached hydrogens (tertiary/aromatic N) is 3. The van der Waals surface area contributed by atoms with Crippen molar-refractivity contribution in [3.05, 3.63) is 12.3 Å². The Morgan fingerprint density at radius 3 is 3.06 bits per heavy atom. The molecule has 90 valence electrons. The maximum absolute atomic E-state index is 5.39. The van der Waals surface area contributed by atoms with Crippen molar-refractivity contribution in [1.82, 2.24) is 15.4 Å². The van der Waals surface area contributed by atoms with Gasteiger partial charge in [0.2, 0.25) is 5.13 Å². The van der Waals surface area contributed by atoms with Gasteiger partial charge >= 0.3 is 0 Å². The van der Waals surface area contributed by atoms with Crippen molar-refractivity contribution in [2.45, 2.75) is 13.0 Å². The standard InChI is InChI=1S/C10H12N4O2S/c1-6-4-15-5-8(6)11-10-13-12-9(17-10)7-2-3-16-14-7/h2-3,6,8H,4-5H2,1H3,(H,11,13). The second kappa shape index (κ2) is 4.42. The number of hydrogen-bond donors (Lipinski definition) is 1. The van der Waals surface area contributed by atoms with Gasteiger partial charge in [-0.15, -0.1) is 10.2 Å². The Labute approximate surface area is 102 Å². The second-order valence-corrected chi connectivity index (χ2v) is 5.04. The molecule has 1 N–H and O–H groups in total. The molecule has 0 amide bonds. The van der Waals surface area contributed by atoms with Gasteiger partial charge in [-0.1, -0.05) is 23.4 Å². The summed E-state index contributed by atoms with van der Waals surface area (Å²) in [7, 11) is 0. The zero-order valence-corrected chi connectivity index (χ0v) is 10.1. The molecule has 0 radical (unpaired) electrons. The van der Waals surface area contributed by atoms with Crippen LogP contribution in [0, 0.1) is 5.92 Å². The Balaban J connectivity index is 1.72. The van der Waals surface area contributed by atoms with Gasteiger partial charge in [0.15, 0.2) is 5.01 Å². The Hall–Kier alpha value is -1.47. The summed E-state index contributed by atoms with van der Waals surface area (Å²) in [6.07, 6.45) is 1.52. The van der Waals surface area contributed by atoms with Gasteiger partial charge in [-0.25, -0.2) is 0 Å². The van der Waals surface area contributed by atoms with Gasteiger partial charge in [-0.2, -0.15) is 0 Å². The van der Waals surface area contributed by atoms with Crippen molar-refractivity contribution in [2.24, 2.45) is 5.92 Å². The fourth-order valence-electron chi connectivity index (χ4n) is 1.71. The molecule has 0 aromatic carbocycles. The largest absolute Gasteiger partial charge is 0.379 e. The highest BCUT2D eigenvalue weighted by Gasteiger charge is 2.25. The molecule has 7 heteroatoms. The Bertz CT molecular complexity index is 484. The van der Waals surface area contributed by atoms with Crippen LogP contribution in [0.4, 0.5) is 5.13 Å². The molecule has 1 aliphatic rings. The fraction of sp³-hybridized carbons (Fsp3) is 0.500. The van der Waals surface area contributed by atoms with Crippen LogP contribution in [0.15, 0.2) is 16.9 Å². The summed E-state index contributed by atoms with van der Waals surface area (Å²) in [6.45, 7) is 3.68. The molecule has 2 aromatic heterocycles. The summed E-state index contributed by atoms with van der Waals surface area (Å²) in [4.78, 5) is 0. The fourth-order valence-corrected chi connectivity index (χ4v) is 2.48. The lowest BCUT2D eigenvalue weighted by Gasteiger charge is -2.13. The van der Waals surface area contributed by atoms with Crippen LogP contribution in [0.25, 0.3) is 10.7 Å². The molecule has 0 aliphatic carbocycles. The van der Waals surface area contributed by atoms with Crippen molar-refractivity contribution in [1.29, 1.82) is 0 Å². The molecule has 2 atom stereocenters. The molecule has 0 bridgehead atoms. The predicted molar refractivity (Wildman–Crippen MR) is 62.8 cm³/mol. The monoisotopic (exact) mass is 252 g/mol. The molecule has 2 unspecified atom stereocenters. The van der Waals surface area contributed by atoms with Gasteiger partial charge in [0.25, 0.3) is 0 Å². The summed E-state index contributed by atoms with van der Waals surface area (Å²) < 4.78 is 10.2. The zero-order valence-electron chi connectivity index (χ0n) is 9.29. The van der Waals surface area contributed by atoms with E-state index in [4.69, 9.17) is 9.26 Å². The first-order valence-electron chi connectivity index (χ1n) is 5.41. The number of ether oxygens (including phenoxy) is 1. The highest BCUT2D eigenvalue weighted by Crippen LogP contribution is 2.26. The third kappa shape index (κ3) is 2.16. The third-order valence-corrected chi connectivity index (χ3v) is 3.63. The van der Waals surface area contributed by atoms with E-state index >= 15 is 0 Å². The molecule has 0 spiro atoms. The van der Waals surface area contributed by atoms with Crippen molar-refractivity contribution in [3.63, 3.8) is 0 Å². The van der Waals surface area contributed by atoms with Gasteiger partial charge in [0.1, 0.15) is 12.0 Å². The normalized spacial score (nSPS) is 24.1. The van der Waals surface area contributed by atoms with E-state index in [0.717, 1.165) is 23.4 Å². The van der Waals surface area contributed by atoms with Crippen molar-refractivity contribution in [3.8, 4) is 10.7 Å².